The van der Waals surface area contributed by atoms with E-state index in [-0.39, 0.29) is 5.92 Å². The van der Waals surface area contributed by atoms with Crippen LogP contribution < -0.4 is 16.4 Å². The number of carbonyl (C=O) groups is 2. The van der Waals surface area contributed by atoms with E-state index < -0.39 is 17.2 Å². The monoisotopic (exact) mass is 303 g/mol. The molecule has 1 aromatic heterocycles. The third kappa shape index (κ3) is 5.03. The standard InChI is InChI=1S/C10H17N5O2S2/c1-4-12-9-14-15-10(19-9)18-6(5(2)3)7(16)13-8(11)17/h5-6H,4H2,1-3H3,(H,12,14)(H3,11,13,16,17)/t6-/m0/s1. The predicted molar refractivity (Wildman–Crippen MR) is 76.3 cm³/mol. The Labute approximate surface area is 119 Å². The number of nitrogens with two attached hydrogens (primary N) is 1. The van der Waals surface area contributed by atoms with Crippen molar-refractivity contribution in [3.63, 3.8) is 0 Å². The third-order valence-electron chi connectivity index (χ3n) is 2.07. The summed E-state index contributed by atoms with van der Waals surface area (Å²) in [5.41, 5.74) is 4.95. The van der Waals surface area contributed by atoms with E-state index in [1.165, 1.54) is 23.1 Å². The van der Waals surface area contributed by atoms with Crippen molar-refractivity contribution in [3.05, 3.63) is 0 Å². The number of thioether (sulfide) groups is 1. The van der Waals surface area contributed by atoms with Crippen LogP contribution in [0.25, 0.3) is 0 Å². The Bertz CT molecular complexity index is 449. The number of rotatable bonds is 6. The van der Waals surface area contributed by atoms with Gasteiger partial charge < -0.3 is 11.1 Å². The molecule has 0 spiro atoms. The quantitative estimate of drug-likeness (QED) is 0.683. The molecule has 0 saturated heterocycles. The van der Waals surface area contributed by atoms with E-state index in [1.54, 1.807) is 0 Å². The van der Waals surface area contributed by atoms with E-state index in [2.05, 4.69) is 20.8 Å². The Kier molecular flexibility index (Phi) is 6.03. The largest absolute Gasteiger partial charge is 0.360 e. The van der Waals surface area contributed by atoms with Crippen molar-refractivity contribution in [1.82, 2.24) is 15.5 Å². The molecule has 0 aliphatic heterocycles. The van der Waals surface area contributed by atoms with Crippen LogP contribution in [-0.4, -0.2) is 33.9 Å². The molecule has 0 saturated carbocycles. The molecular formula is C10H17N5O2S2. The zero-order valence-corrected chi connectivity index (χ0v) is 12.6. The summed E-state index contributed by atoms with van der Waals surface area (Å²) < 4.78 is 0.675. The molecule has 1 atom stereocenters. The molecular weight excluding hydrogens is 286 g/mol. The topological polar surface area (TPSA) is 110 Å². The van der Waals surface area contributed by atoms with Crippen molar-refractivity contribution in [2.24, 2.45) is 11.7 Å². The molecule has 0 unspecified atom stereocenters. The summed E-state index contributed by atoms with van der Waals surface area (Å²) in [6.45, 7) is 6.51. The molecule has 1 heterocycles. The van der Waals surface area contributed by atoms with Crippen molar-refractivity contribution in [1.29, 1.82) is 0 Å². The molecule has 0 aromatic carbocycles. The Balaban J connectivity index is 2.72. The Morgan fingerprint density at radius 2 is 2.11 bits per heavy atom. The first kappa shape index (κ1) is 15.7. The first-order chi connectivity index (χ1) is 8.93. The van der Waals surface area contributed by atoms with Gasteiger partial charge in [-0.25, -0.2) is 4.79 Å². The van der Waals surface area contributed by atoms with Gasteiger partial charge in [-0.15, -0.1) is 10.2 Å². The number of carbonyl (C=O) groups excluding carboxylic acids is 2. The summed E-state index contributed by atoms with van der Waals surface area (Å²) in [7, 11) is 0. The lowest BCUT2D eigenvalue weighted by Crippen LogP contribution is -2.42. The maximum Gasteiger partial charge on any atom is 0.318 e. The van der Waals surface area contributed by atoms with Crippen LogP contribution in [0.15, 0.2) is 4.34 Å². The van der Waals surface area contributed by atoms with Crippen LogP contribution in [0.4, 0.5) is 9.93 Å². The van der Waals surface area contributed by atoms with Gasteiger partial charge in [-0.1, -0.05) is 36.9 Å². The Morgan fingerprint density at radius 1 is 1.42 bits per heavy atom. The summed E-state index contributed by atoms with van der Waals surface area (Å²) >= 11 is 2.65. The van der Waals surface area contributed by atoms with Crippen molar-refractivity contribution in [2.75, 3.05) is 11.9 Å². The van der Waals surface area contributed by atoms with Gasteiger partial charge in [-0.05, 0) is 12.8 Å². The summed E-state index contributed by atoms with van der Waals surface area (Å²) in [4.78, 5) is 22.6. The molecule has 3 amide bonds. The van der Waals surface area contributed by atoms with Gasteiger partial charge >= 0.3 is 6.03 Å². The maximum absolute atomic E-state index is 11.8. The van der Waals surface area contributed by atoms with Crippen LogP contribution in [-0.2, 0) is 4.79 Å². The number of aromatic nitrogens is 2. The van der Waals surface area contributed by atoms with E-state index >= 15 is 0 Å². The van der Waals surface area contributed by atoms with Gasteiger partial charge in [-0.3, -0.25) is 10.1 Å². The van der Waals surface area contributed by atoms with Gasteiger partial charge in [-0.2, -0.15) is 0 Å². The van der Waals surface area contributed by atoms with E-state index in [0.717, 1.165) is 6.54 Å². The summed E-state index contributed by atoms with van der Waals surface area (Å²) in [5.74, 6) is -0.372. The average Bonchev–Trinajstić information content (AvgIpc) is 2.72. The number of hydrogen-bond donors (Lipinski definition) is 3. The number of primary amides is 1. The normalized spacial score (nSPS) is 12.2. The van der Waals surface area contributed by atoms with Crippen LogP contribution in [0.2, 0.25) is 0 Å². The molecule has 0 aliphatic carbocycles. The van der Waals surface area contributed by atoms with E-state index in [9.17, 15) is 9.59 Å². The van der Waals surface area contributed by atoms with Crippen molar-refractivity contribution in [3.8, 4) is 0 Å². The molecule has 1 rings (SSSR count). The second-order valence-corrected chi connectivity index (χ2v) is 6.41. The fourth-order valence-corrected chi connectivity index (χ4v) is 3.30. The SMILES string of the molecule is CCNc1nnc(S[C@H](C(=O)NC(N)=O)C(C)C)s1. The molecule has 4 N–H and O–H groups in total. The Morgan fingerprint density at radius 3 is 2.63 bits per heavy atom. The summed E-state index contributed by atoms with van der Waals surface area (Å²) in [5, 5.41) is 13.4. The number of nitrogens with zero attached hydrogens (tertiary/aromatic N) is 2. The second-order valence-electron chi connectivity index (χ2n) is 4.04. The lowest BCUT2D eigenvalue weighted by molar-refractivity contribution is -0.120. The average molecular weight is 303 g/mol. The van der Waals surface area contributed by atoms with Crippen LogP contribution in [0.3, 0.4) is 0 Å². The maximum atomic E-state index is 11.8. The van der Waals surface area contributed by atoms with Crippen LogP contribution in [0.1, 0.15) is 20.8 Å². The third-order valence-corrected chi connectivity index (χ3v) is 4.58. The van der Waals surface area contributed by atoms with Gasteiger partial charge in [0.05, 0.1) is 5.25 Å². The van der Waals surface area contributed by atoms with Crippen molar-refractivity contribution < 1.29 is 9.59 Å². The van der Waals surface area contributed by atoms with Gasteiger partial charge in [0.25, 0.3) is 0 Å². The van der Waals surface area contributed by atoms with Crippen LogP contribution >= 0.6 is 23.1 Å². The molecule has 0 radical (unpaired) electrons. The van der Waals surface area contributed by atoms with Crippen LogP contribution in [0.5, 0.6) is 0 Å². The fourth-order valence-electron chi connectivity index (χ4n) is 1.27. The van der Waals surface area contributed by atoms with Crippen molar-refractivity contribution >= 4 is 40.2 Å². The number of urea groups is 1. The smallest absolute Gasteiger partial charge is 0.318 e. The van der Waals surface area contributed by atoms with E-state index in [4.69, 9.17) is 5.73 Å². The Hall–Kier alpha value is -1.35. The first-order valence-electron chi connectivity index (χ1n) is 5.78. The molecule has 0 fully saturated rings. The molecule has 1 aromatic rings. The van der Waals surface area contributed by atoms with E-state index in [0.29, 0.717) is 9.47 Å². The fraction of sp³-hybridized carbons (Fsp3) is 0.600. The van der Waals surface area contributed by atoms with Gasteiger partial charge in [0, 0.05) is 6.54 Å². The molecule has 19 heavy (non-hydrogen) atoms. The zero-order valence-electron chi connectivity index (χ0n) is 11.0. The number of amides is 3. The lowest BCUT2D eigenvalue weighted by Gasteiger charge is -2.16. The van der Waals surface area contributed by atoms with Gasteiger partial charge in [0.15, 0.2) is 4.34 Å². The summed E-state index contributed by atoms with van der Waals surface area (Å²) in [6, 6.07) is -0.846. The minimum atomic E-state index is -0.846. The molecule has 0 aliphatic rings. The minimum absolute atomic E-state index is 0.0378. The van der Waals surface area contributed by atoms with Crippen molar-refractivity contribution in [2.45, 2.75) is 30.4 Å². The number of imide groups is 1. The number of hydrogen-bond acceptors (Lipinski definition) is 7. The van der Waals surface area contributed by atoms with E-state index in [1.807, 2.05) is 20.8 Å². The molecule has 7 nitrogen and oxygen atoms in total. The number of anilines is 1. The predicted octanol–water partition coefficient (Wildman–Crippen LogP) is 1.28. The van der Waals surface area contributed by atoms with Gasteiger partial charge in [0.1, 0.15) is 0 Å². The lowest BCUT2D eigenvalue weighted by atomic mass is 10.1. The first-order valence-corrected chi connectivity index (χ1v) is 7.48. The highest BCUT2D eigenvalue weighted by Crippen LogP contribution is 2.32. The van der Waals surface area contributed by atoms with Crippen LogP contribution in [0, 0.1) is 5.92 Å². The zero-order chi connectivity index (χ0) is 14.4. The second kappa shape index (κ2) is 7.29. The van der Waals surface area contributed by atoms with Gasteiger partial charge in [0.2, 0.25) is 11.0 Å². The molecule has 0 bridgehead atoms. The highest BCUT2D eigenvalue weighted by atomic mass is 32.2. The summed E-state index contributed by atoms with van der Waals surface area (Å²) in [6.07, 6.45) is 0. The highest BCUT2D eigenvalue weighted by molar-refractivity contribution is 8.02. The number of nitrogens with one attached hydrogen (secondary N) is 2. The minimum Gasteiger partial charge on any atom is -0.360 e. The molecule has 106 valence electrons. The highest BCUT2D eigenvalue weighted by Gasteiger charge is 2.26. The molecule has 9 heteroatoms.